The van der Waals surface area contributed by atoms with Crippen LogP contribution in [-0.2, 0) is 28.6 Å². The van der Waals surface area contributed by atoms with Crippen LogP contribution >= 0.6 is 0 Å². The summed E-state index contributed by atoms with van der Waals surface area (Å²) in [5.41, 5.74) is 0. The van der Waals surface area contributed by atoms with Crippen molar-refractivity contribution >= 4 is 17.9 Å². The van der Waals surface area contributed by atoms with Gasteiger partial charge in [-0.05, 0) is 70.6 Å². The number of carbonyl (C=O) groups is 3. The highest BCUT2D eigenvalue weighted by molar-refractivity contribution is 5.71. The van der Waals surface area contributed by atoms with E-state index in [1.54, 1.807) is 0 Å². The Morgan fingerprint density at radius 2 is 0.402 bits per heavy atom. The van der Waals surface area contributed by atoms with Crippen molar-refractivity contribution in [2.24, 2.45) is 0 Å². The van der Waals surface area contributed by atoms with Gasteiger partial charge in [-0.15, -0.1) is 0 Å². The lowest BCUT2D eigenvalue weighted by Gasteiger charge is -2.18. The standard InChI is InChI=1S/C76H144O6/c1-4-7-10-13-16-19-22-25-28-31-33-34-35-36-37-38-39-40-41-42-44-45-48-51-54-57-60-63-66-69-75(78)81-72-73(71-80-74(77)68-65-62-59-56-53-50-47-30-27-24-21-18-15-12-9-6-3)82-76(79)70-67-64-61-58-55-52-49-46-43-32-29-26-23-20-17-14-11-8-5-2/h30-31,33,47,73H,4-29,32,34-46,48-72H2,1-3H3/b33-31-,47-30-. The molecule has 0 bridgehead atoms. The molecule has 0 aliphatic heterocycles. The number of esters is 3. The van der Waals surface area contributed by atoms with Crippen LogP contribution in [0.5, 0.6) is 0 Å². The highest BCUT2D eigenvalue weighted by Gasteiger charge is 2.20. The highest BCUT2D eigenvalue weighted by atomic mass is 16.6. The monoisotopic (exact) mass is 1150 g/mol. The van der Waals surface area contributed by atoms with Gasteiger partial charge in [-0.25, -0.2) is 0 Å². The van der Waals surface area contributed by atoms with Crippen molar-refractivity contribution in [3.8, 4) is 0 Å². The second-order valence-electron chi connectivity index (χ2n) is 25.6. The van der Waals surface area contributed by atoms with Crippen LogP contribution in [0.1, 0.15) is 425 Å². The summed E-state index contributed by atoms with van der Waals surface area (Å²) in [6, 6.07) is 0. The van der Waals surface area contributed by atoms with Crippen LogP contribution in [0.2, 0.25) is 0 Å². The molecule has 0 aromatic heterocycles. The number of unbranched alkanes of at least 4 members (excludes halogenated alkanes) is 55. The Morgan fingerprint density at radius 1 is 0.232 bits per heavy atom. The quantitative estimate of drug-likeness (QED) is 0.0261. The van der Waals surface area contributed by atoms with E-state index in [1.165, 1.54) is 321 Å². The Balaban J connectivity index is 4.21. The third-order valence-electron chi connectivity index (χ3n) is 17.2. The summed E-state index contributed by atoms with van der Waals surface area (Å²) >= 11 is 0. The fraction of sp³-hybridized carbons (Fsp3) is 0.908. The highest BCUT2D eigenvalue weighted by Crippen LogP contribution is 2.19. The summed E-state index contributed by atoms with van der Waals surface area (Å²) in [6.45, 7) is 6.72. The number of allylic oxidation sites excluding steroid dienone is 4. The maximum atomic E-state index is 13.0. The molecule has 6 heteroatoms. The van der Waals surface area contributed by atoms with Gasteiger partial charge in [0.25, 0.3) is 0 Å². The molecule has 0 aromatic rings. The Morgan fingerprint density at radius 3 is 0.610 bits per heavy atom. The summed E-state index contributed by atoms with van der Waals surface area (Å²) in [6.07, 6.45) is 87.9. The Kier molecular flexibility index (Phi) is 69.5. The van der Waals surface area contributed by atoms with Crippen molar-refractivity contribution in [3.63, 3.8) is 0 Å². The molecule has 484 valence electrons. The number of carbonyl (C=O) groups excluding carboxylic acids is 3. The van der Waals surface area contributed by atoms with Crippen LogP contribution in [0.25, 0.3) is 0 Å². The van der Waals surface area contributed by atoms with Crippen LogP contribution in [-0.4, -0.2) is 37.2 Å². The van der Waals surface area contributed by atoms with Gasteiger partial charge in [0.1, 0.15) is 13.2 Å². The second-order valence-corrected chi connectivity index (χ2v) is 25.6. The first-order chi connectivity index (χ1) is 40.5. The molecule has 0 radical (unpaired) electrons. The minimum Gasteiger partial charge on any atom is -0.462 e. The van der Waals surface area contributed by atoms with Crippen molar-refractivity contribution in [2.45, 2.75) is 431 Å². The summed E-state index contributed by atoms with van der Waals surface area (Å²) in [4.78, 5) is 38.5. The average molecular weight is 1150 g/mol. The Labute approximate surface area is 513 Å². The molecule has 0 N–H and O–H groups in total. The summed E-state index contributed by atoms with van der Waals surface area (Å²) in [7, 11) is 0. The van der Waals surface area contributed by atoms with Crippen molar-refractivity contribution < 1.29 is 28.6 Å². The van der Waals surface area contributed by atoms with Crippen LogP contribution in [0, 0.1) is 0 Å². The zero-order valence-electron chi connectivity index (χ0n) is 55.8. The zero-order valence-corrected chi connectivity index (χ0v) is 55.8. The molecule has 0 aliphatic rings. The molecular formula is C76H144O6. The molecule has 0 aromatic carbocycles. The van der Waals surface area contributed by atoms with Gasteiger partial charge >= 0.3 is 17.9 Å². The zero-order chi connectivity index (χ0) is 59.2. The normalized spacial score (nSPS) is 12.1. The van der Waals surface area contributed by atoms with Crippen LogP contribution in [0.15, 0.2) is 24.3 Å². The average Bonchev–Trinajstić information content (AvgIpc) is 3.47. The minimum atomic E-state index is -0.772. The smallest absolute Gasteiger partial charge is 0.306 e. The van der Waals surface area contributed by atoms with Crippen LogP contribution in [0.4, 0.5) is 0 Å². The van der Waals surface area contributed by atoms with E-state index in [0.717, 1.165) is 64.2 Å². The molecule has 0 spiro atoms. The number of hydrogen-bond acceptors (Lipinski definition) is 6. The molecule has 0 saturated heterocycles. The van der Waals surface area contributed by atoms with E-state index in [4.69, 9.17) is 14.2 Å². The van der Waals surface area contributed by atoms with Crippen LogP contribution < -0.4 is 0 Å². The summed E-state index contributed by atoms with van der Waals surface area (Å²) in [5, 5.41) is 0. The van der Waals surface area contributed by atoms with Crippen molar-refractivity contribution in [2.75, 3.05) is 13.2 Å². The first-order valence-corrected chi connectivity index (χ1v) is 37.3. The molecule has 0 amide bonds. The molecule has 0 heterocycles. The maximum absolute atomic E-state index is 13.0. The van der Waals surface area contributed by atoms with Gasteiger partial charge in [0.05, 0.1) is 0 Å². The fourth-order valence-corrected chi connectivity index (χ4v) is 11.6. The molecule has 6 nitrogen and oxygen atoms in total. The molecular weight excluding hydrogens is 1010 g/mol. The molecule has 1 atom stereocenters. The predicted molar refractivity (Wildman–Crippen MR) is 358 cm³/mol. The number of hydrogen-bond donors (Lipinski definition) is 0. The van der Waals surface area contributed by atoms with E-state index in [9.17, 15) is 14.4 Å². The predicted octanol–water partition coefficient (Wildman–Crippen LogP) is 25.7. The lowest BCUT2D eigenvalue weighted by atomic mass is 10.0. The van der Waals surface area contributed by atoms with Gasteiger partial charge in [0, 0.05) is 19.3 Å². The van der Waals surface area contributed by atoms with E-state index in [-0.39, 0.29) is 31.1 Å². The van der Waals surface area contributed by atoms with Gasteiger partial charge in [-0.1, -0.05) is 360 Å². The van der Waals surface area contributed by atoms with Crippen molar-refractivity contribution in [1.29, 1.82) is 0 Å². The van der Waals surface area contributed by atoms with E-state index in [2.05, 4.69) is 45.1 Å². The van der Waals surface area contributed by atoms with Crippen LogP contribution in [0.3, 0.4) is 0 Å². The number of rotatable bonds is 70. The first-order valence-electron chi connectivity index (χ1n) is 37.3. The van der Waals surface area contributed by atoms with E-state index < -0.39 is 6.10 Å². The molecule has 1 unspecified atom stereocenters. The third kappa shape index (κ3) is 68.7. The molecule has 0 fully saturated rings. The first kappa shape index (κ1) is 79.9. The summed E-state index contributed by atoms with van der Waals surface area (Å²) < 4.78 is 17.0. The van der Waals surface area contributed by atoms with Gasteiger partial charge in [0.2, 0.25) is 0 Å². The van der Waals surface area contributed by atoms with Crippen molar-refractivity contribution in [1.82, 2.24) is 0 Å². The molecule has 0 aliphatic carbocycles. The maximum Gasteiger partial charge on any atom is 0.306 e. The lowest BCUT2D eigenvalue weighted by molar-refractivity contribution is -0.167. The van der Waals surface area contributed by atoms with Gasteiger partial charge < -0.3 is 14.2 Å². The lowest BCUT2D eigenvalue weighted by Crippen LogP contribution is -2.30. The fourth-order valence-electron chi connectivity index (χ4n) is 11.6. The topological polar surface area (TPSA) is 78.9 Å². The largest absolute Gasteiger partial charge is 0.462 e. The van der Waals surface area contributed by atoms with Crippen molar-refractivity contribution in [3.05, 3.63) is 24.3 Å². The number of ether oxygens (including phenoxy) is 3. The van der Waals surface area contributed by atoms with E-state index >= 15 is 0 Å². The minimum absolute atomic E-state index is 0.0672. The van der Waals surface area contributed by atoms with Gasteiger partial charge in [-0.3, -0.25) is 14.4 Å². The molecule has 82 heavy (non-hydrogen) atoms. The van der Waals surface area contributed by atoms with E-state index in [1.807, 2.05) is 0 Å². The Bertz CT molecular complexity index is 1320. The molecule has 0 saturated carbocycles. The summed E-state index contributed by atoms with van der Waals surface area (Å²) in [5.74, 6) is -0.840. The van der Waals surface area contributed by atoms with Gasteiger partial charge in [-0.2, -0.15) is 0 Å². The Hall–Kier alpha value is -2.11. The van der Waals surface area contributed by atoms with Gasteiger partial charge in [0.15, 0.2) is 6.10 Å². The molecule has 0 rings (SSSR count). The SMILES string of the molecule is CCCCCCCCC/C=C\CCCCCCCC(=O)OCC(COC(=O)CCCCCCCCCCCCCCCCCCC/C=C\CCCCCCCCCC)OC(=O)CCCCCCCCCCCCCCCCCCCCC. The van der Waals surface area contributed by atoms with E-state index in [0.29, 0.717) is 19.3 Å². The third-order valence-corrected chi connectivity index (χ3v) is 17.2. The second kappa shape index (κ2) is 71.4.